The third-order valence-electron chi connectivity index (χ3n) is 4.47. The highest BCUT2D eigenvalue weighted by Crippen LogP contribution is 2.27. The van der Waals surface area contributed by atoms with Gasteiger partial charge in [-0.15, -0.1) is 0 Å². The first-order chi connectivity index (χ1) is 13.5. The van der Waals surface area contributed by atoms with Gasteiger partial charge in [0, 0.05) is 26.3 Å². The molecule has 1 aliphatic rings. The van der Waals surface area contributed by atoms with E-state index in [4.69, 9.17) is 11.6 Å². The normalized spacial score (nSPS) is 16.2. The zero-order chi connectivity index (χ0) is 21.4. The van der Waals surface area contributed by atoms with Gasteiger partial charge >= 0.3 is 0 Å². The molecule has 0 bridgehead atoms. The predicted octanol–water partition coefficient (Wildman–Crippen LogP) is 2.38. The maximum atomic E-state index is 12.6. The molecule has 1 fully saturated rings. The van der Waals surface area contributed by atoms with Crippen LogP contribution < -0.4 is 9.62 Å². The van der Waals surface area contributed by atoms with Crippen molar-refractivity contribution in [3.8, 4) is 0 Å². The number of nitrogens with one attached hydrogen (secondary N) is 1. The van der Waals surface area contributed by atoms with E-state index in [1.54, 1.807) is 24.3 Å². The van der Waals surface area contributed by atoms with Gasteiger partial charge in [0.25, 0.3) is 5.91 Å². The molecule has 0 aromatic heterocycles. The zero-order valence-corrected chi connectivity index (χ0v) is 18.2. The quantitative estimate of drug-likeness (QED) is 0.742. The van der Waals surface area contributed by atoms with Gasteiger partial charge in [-0.25, -0.2) is 21.1 Å². The highest BCUT2D eigenvalue weighted by atomic mass is 35.5. The van der Waals surface area contributed by atoms with Crippen molar-refractivity contribution in [3.63, 3.8) is 0 Å². The Balaban J connectivity index is 1.82. The number of carbonyl (C=O) groups is 1. The highest BCUT2D eigenvalue weighted by Gasteiger charge is 2.28. The van der Waals surface area contributed by atoms with Crippen LogP contribution in [0.4, 0.5) is 11.4 Å². The van der Waals surface area contributed by atoms with Crippen LogP contribution in [-0.2, 0) is 20.0 Å². The molecule has 0 saturated carbocycles. The van der Waals surface area contributed by atoms with E-state index in [-0.39, 0.29) is 21.2 Å². The van der Waals surface area contributed by atoms with Gasteiger partial charge in [-0.2, -0.15) is 0 Å². The maximum absolute atomic E-state index is 12.6. The lowest BCUT2D eigenvalue weighted by Gasteiger charge is -2.17. The second kappa shape index (κ2) is 7.94. The van der Waals surface area contributed by atoms with Crippen LogP contribution in [0.2, 0.25) is 5.02 Å². The summed E-state index contributed by atoms with van der Waals surface area (Å²) in [6, 6.07) is 10.3. The van der Waals surface area contributed by atoms with Gasteiger partial charge in [-0.05, 0) is 48.9 Å². The average molecular weight is 458 g/mol. The second-order valence-electron chi connectivity index (χ2n) is 6.67. The van der Waals surface area contributed by atoms with Crippen molar-refractivity contribution < 1.29 is 21.6 Å². The summed E-state index contributed by atoms with van der Waals surface area (Å²) in [4.78, 5) is 12.6. The molecule has 0 aliphatic carbocycles. The van der Waals surface area contributed by atoms with Crippen molar-refractivity contribution in [2.75, 3.05) is 36.0 Å². The van der Waals surface area contributed by atoms with Gasteiger partial charge in [-0.3, -0.25) is 9.10 Å². The SMILES string of the molecule is CN(C)S(=O)(=O)c1ccc(Cl)c(C(=O)Nc2ccc(N3CCCS3(=O)=O)cc2)c1. The second-order valence-corrected chi connectivity index (χ2v) is 11.2. The van der Waals surface area contributed by atoms with Gasteiger partial charge in [0.1, 0.15) is 0 Å². The fourth-order valence-corrected chi connectivity index (χ4v) is 5.58. The van der Waals surface area contributed by atoms with Crippen LogP contribution in [0.3, 0.4) is 0 Å². The Labute approximate surface area is 175 Å². The van der Waals surface area contributed by atoms with Crippen LogP contribution in [0, 0.1) is 0 Å². The number of amides is 1. The number of rotatable bonds is 5. The van der Waals surface area contributed by atoms with Gasteiger partial charge in [0.05, 0.1) is 26.9 Å². The molecule has 29 heavy (non-hydrogen) atoms. The van der Waals surface area contributed by atoms with Crippen molar-refractivity contribution >= 4 is 48.9 Å². The fourth-order valence-electron chi connectivity index (χ4n) is 2.89. The first-order valence-corrected chi connectivity index (χ1v) is 12.1. The molecule has 1 N–H and O–H groups in total. The molecule has 1 aliphatic heterocycles. The van der Waals surface area contributed by atoms with Crippen molar-refractivity contribution in [2.24, 2.45) is 0 Å². The number of sulfonamides is 2. The lowest BCUT2D eigenvalue weighted by molar-refractivity contribution is 0.102. The van der Waals surface area contributed by atoms with Gasteiger partial charge in [0.2, 0.25) is 20.0 Å². The van der Waals surface area contributed by atoms with E-state index >= 15 is 0 Å². The minimum absolute atomic E-state index is 0.0146. The number of halogens is 1. The van der Waals surface area contributed by atoms with Crippen LogP contribution in [0.5, 0.6) is 0 Å². The Morgan fingerprint density at radius 3 is 2.34 bits per heavy atom. The number of nitrogens with zero attached hydrogens (tertiary/aromatic N) is 2. The van der Waals surface area contributed by atoms with Crippen molar-refractivity contribution in [2.45, 2.75) is 11.3 Å². The molecule has 1 saturated heterocycles. The largest absolute Gasteiger partial charge is 0.322 e. The molecule has 1 amide bonds. The van der Waals surface area contributed by atoms with Crippen molar-refractivity contribution in [3.05, 3.63) is 53.1 Å². The molecule has 0 spiro atoms. The molecule has 8 nitrogen and oxygen atoms in total. The maximum Gasteiger partial charge on any atom is 0.257 e. The van der Waals surface area contributed by atoms with E-state index < -0.39 is 26.0 Å². The summed E-state index contributed by atoms with van der Waals surface area (Å²) in [6.45, 7) is 0.427. The van der Waals surface area contributed by atoms with E-state index in [0.717, 1.165) is 4.31 Å². The average Bonchev–Trinajstić information content (AvgIpc) is 3.01. The number of anilines is 2. The first-order valence-electron chi connectivity index (χ1n) is 8.66. The Kier molecular flexibility index (Phi) is 5.91. The number of hydrogen-bond acceptors (Lipinski definition) is 5. The molecule has 0 atom stereocenters. The Morgan fingerprint density at radius 1 is 1.14 bits per heavy atom. The lowest BCUT2D eigenvalue weighted by Crippen LogP contribution is -2.25. The number of benzene rings is 2. The summed E-state index contributed by atoms with van der Waals surface area (Å²) < 4.78 is 51.0. The monoisotopic (exact) mass is 457 g/mol. The van der Waals surface area contributed by atoms with Crippen LogP contribution in [0.1, 0.15) is 16.8 Å². The minimum atomic E-state index is -3.72. The van der Waals surface area contributed by atoms with Crippen LogP contribution in [0.25, 0.3) is 0 Å². The molecule has 0 unspecified atom stereocenters. The zero-order valence-electron chi connectivity index (χ0n) is 15.8. The third kappa shape index (κ3) is 4.40. The minimum Gasteiger partial charge on any atom is -0.322 e. The molecule has 2 aromatic rings. The molecule has 0 radical (unpaired) electrons. The highest BCUT2D eigenvalue weighted by molar-refractivity contribution is 7.93. The van der Waals surface area contributed by atoms with Gasteiger partial charge in [0.15, 0.2) is 0 Å². The molecule has 3 rings (SSSR count). The Hall–Kier alpha value is -2.14. The Morgan fingerprint density at radius 2 is 1.79 bits per heavy atom. The fraction of sp³-hybridized carbons (Fsp3) is 0.278. The summed E-state index contributed by atoms with van der Waals surface area (Å²) in [7, 11) is -4.21. The topological polar surface area (TPSA) is 104 Å². The summed E-state index contributed by atoms with van der Waals surface area (Å²) in [5.74, 6) is -0.455. The van der Waals surface area contributed by atoms with E-state index in [0.29, 0.717) is 24.3 Å². The van der Waals surface area contributed by atoms with Crippen LogP contribution in [-0.4, -0.2) is 53.4 Å². The molecule has 11 heteroatoms. The van der Waals surface area contributed by atoms with Crippen LogP contribution >= 0.6 is 11.6 Å². The van der Waals surface area contributed by atoms with E-state index in [2.05, 4.69) is 5.32 Å². The first kappa shape index (κ1) is 21.6. The van der Waals surface area contributed by atoms with Gasteiger partial charge in [-0.1, -0.05) is 11.6 Å². The van der Waals surface area contributed by atoms with E-state index in [1.165, 1.54) is 36.6 Å². The third-order valence-corrected chi connectivity index (χ3v) is 8.48. The molecule has 1 heterocycles. The number of hydrogen-bond donors (Lipinski definition) is 1. The molecule has 156 valence electrons. The summed E-state index contributed by atoms with van der Waals surface area (Å²) in [6.07, 6.45) is 0.575. The van der Waals surface area contributed by atoms with Crippen molar-refractivity contribution in [1.29, 1.82) is 0 Å². The Bertz CT molecular complexity index is 1150. The molecule has 2 aromatic carbocycles. The van der Waals surface area contributed by atoms with E-state index in [9.17, 15) is 21.6 Å². The summed E-state index contributed by atoms with van der Waals surface area (Å²) in [5, 5.41) is 2.76. The predicted molar refractivity (Wildman–Crippen MR) is 112 cm³/mol. The van der Waals surface area contributed by atoms with E-state index in [1.807, 2.05) is 0 Å². The summed E-state index contributed by atoms with van der Waals surface area (Å²) >= 11 is 6.09. The smallest absolute Gasteiger partial charge is 0.257 e. The summed E-state index contributed by atoms with van der Waals surface area (Å²) in [5.41, 5.74) is 0.964. The standard InChI is InChI=1S/C18H20ClN3O5S2/c1-21(2)29(26,27)15-8-9-17(19)16(12-15)18(23)20-13-4-6-14(7-5-13)22-10-3-11-28(22,24)25/h4-9,12H,3,10-11H2,1-2H3,(H,20,23). The number of carbonyl (C=O) groups excluding carboxylic acids is 1. The lowest BCUT2D eigenvalue weighted by atomic mass is 10.2. The molecular weight excluding hydrogens is 438 g/mol. The van der Waals surface area contributed by atoms with Crippen molar-refractivity contribution in [1.82, 2.24) is 4.31 Å². The van der Waals surface area contributed by atoms with Gasteiger partial charge < -0.3 is 5.32 Å². The van der Waals surface area contributed by atoms with Crippen LogP contribution in [0.15, 0.2) is 47.4 Å². The molecular formula is C18H20ClN3O5S2.